The van der Waals surface area contributed by atoms with Crippen molar-refractivity contribution >= 4 is 15.5 Å². The van der Waals surface area contributed by atoms with Crippen molar-refractivity contribution in [3.05, 3.63) is 24.0 Å². The van der Waals surface area contributed by atoms with Crippen molar-refractivity contribution in [2.45, 2.75) is 25.5 Å². The number of sulfone groups is 1. The fourth-order valence-electron chi connectivity index (χ4n) is 1.41. The van der Waals surface area contributed by atoms with E-state index in [1.54, 1.807) is 26.8 Å². The van der Waals surface area contributed by atoms with E-state index in [1.807, 2.05) is 0 Å². The Hall–Kier alpha value is -1.30. The van der Waals surface area contributed by atoms with Crippen molar-refractivity contribution in [3.63, 3.8) is 0 Å². The zero-order chi connectivity index (χ0) is 14.7. The Kier molecular flexibility index (Phi) is 4.79. The van der Waals surface area contributed by atoms with Gasteiger partial charge in [0.15, 0.2) is 21.4 Å². The van der Waals surface area contributed by atoms with E-state index in [4.69, 9.17) is 4.74 Å². The van der Waals surface area contributed by atoms with E-state index in [0.29, 0.717) is 5.69 Å². The topological polar surface area (TPSA) is 55.4 Å². The average molecular weight is 289 g/mol. The fourth-order valence-corrected chi connectivity index (χ4v) is 2.39. The molecule has 6 heteroatoms. The zero-order valence-electron chi connectivity index (χ0n) is 11.7. The lowest BCUT2D eigenvalue weighted by Gasteiger charge is -2.19. The highest BCUT2D eigenvalue weighted by molar-refractivity contribution is 7.92. The van der Waals surface area contributed by atoms with Crippen LogP contribution in [-0.2, 0) is 9.84 Å². The van der Waals surface area contributed by atoms with Gasteiger partial charge >= 0.3 is 0 Å². The standard InChI is InChI=1S/C13H20FNO3S/c1-13(2,3)19(16,17)8-7-15-10-5-6-11(14)12(9-10)18-4/h5-6,9,15H,7-8H2,1-4H3. The molecule has 108 valence electrons. The molecule has 0 saturated carbocycles. The molecule has 19 heavy (non-hydrogen) atoms. The van der Waals surface area contributed by atoms with E-state index in [1.165, 1.54) is 19.2 Å². The van der Waals surface area contributed by atoms with Gasteiger partial charge in [-0.15, -0.1) is 0 Å². The highest BCUT2D eigenvalue weighted by Gasteiger charge is 2.28. The maximum Gasteiger partial charge on any atom is 0.165 e. The molecule has 0 atom stereocenters. The number of rotatable bonds is 5. The van der Waals surface area contributed by atoms with Crippen molar-refractivity contribution in [2.24, 2.45) is 0 Å². The first kappa shape index (κ1) is 15.8. The van der Waals surface area contributed by atoms with Crippen LogP contribution in [0, 0.1) is 5.82 Å². The van der Waals surface area contributed by atoms with Gasteiger partial charge in [0.2, 0.25) is 0 Å². The minimum Gasteiger partial charge on any atom is -0.494 e. The predicted molar refractivity (Wildman–Crippen MR) is 75.0 cm³/mol. The first-order valence-corrected chi connectivity index (χ1v) is 7.62. The number of ether oxygens (including phenoxy) is 1. The van der Waals surface area contributed by atoms with Crippen molar-refractivity contribution in [1.29, 1.82) is 0 Å². The predicted octanol–water partition coefficient (Wildman–Crippen LogP) is 2.46. The fraction of sp³-hybridized carbons (Fsp3) is 0.538. The molecule has 0 aliphatic rings. The van der Waals surface area contributed by atoms with Gasteiger partial charge < -0.3 is 10.1 Å². The van der Waals surface area contributed by atoms with E-state index in [-0.39, 0.29) is 18.0 Å². The van der Waals surface area contributed by atoms with Gasteiger partial charge in [-0.05, 0) is 32.9 Å². The van der Waals surface area contributed by atoms with Crippen LogP contribution < -0.4 is 10.1 Å². The van der Waals surface area contributed by atoms with Crippen molar-refractivity contribution in [3.8, 4) is 5.75 Å². The lowest BCUT2D eigenvalue weighted by molar-refractivity contribution is 0.387. The quantitative estimate of drug-likeness (QED) is 0.904. The monoisotopic (exact) mass is 289 g/mol. The van der Waals surface area contributed by atoms with Gasteiger partial charge in [-0.2, -0.15) is 0 Å². The van der Waals surface area contributed by atoms with Crippen LogP contribution in [0.25, 0.3) is 0 Å². The molecule has 0 heterocycles. The third-order valence-corrected chi connectivity index (χ3v) is 5.39. The summed E-state index contributed by atoms with van der Waals surface area (Å²) in [5, 5.41) is 2.95. The van der Waals surface area contributed by atoms with Gasteiger partial charge in [0, 0.05) is 18.3 Å². The summed E-state index contributed by atoms with van der Waals surface area (Å²) in [6, 6.07) is 4.32. The van der Waals surface area contributed by atoms with Crippen molar-refractivity contribution < 1.29 is 17.5 Å². The summed E-state index contributed by atoms with van der Waals surface area (Å²) in [6.45, 7) is 5.28. The van der Waals surface area contributed by atoms with Crippen LogP contribution in [0.15, 0.2) is 18.2 Å². The molecule has 0 aliphatic carbocycles. The van der Waals surface area contributed by atoms with Crippen LogP contribution in [0.5, 0.6) is 5.75 Å². The van der Waals surface area contributed by atoms with Gasteiger partial charge in [-0.25, -0.2) is 12.8 Å². The largest absolute Gasteiger partial charge is 0.494 e. The molecule has 1 aromatic rings. The maximum absolute atomic E-state index is 13.2. The van der Waals surface area contributed by atoms with Gasteiger partial charge in [0.05, 0.1) is 17.6 Å². The summed E-state index contributed by atoms with van der Waals surface area (Å²) in [5.74, 6) is -0.296. The molecule has 0 saturated heterocycles. The molecule has 0 unspecified atom stereocenters. The Morgan fingerprint density at radius 3 is 2.47 bits per heavy atom. The number of benzene rings is 1. The minimum atomic E-state index is -3.16. The molecule has 1 N–H and O–H groups in total. The molecular weight excluding hydrogens is 269 g/mol. The third-order valence-electron chi connectivity index (χ3n) is 2.78. The molecule has 0 aromatic heterocycles. The van der Waals surface area contributed by atoms with Gasteiger partial charge in [-0.3, -0.25) is 0 Å². The number of hydrogen-bond donors (Lipinski definition) is 1. The second-order valence-electron chi connectivity index (χ2n) is 5.21. The zero-order valence-corrected chi connectivity index (χ0v) is 12.5. The Bertz CT molecular complexity index is 535. The van der Waals surface area contributed by atoms with E-state index >= 15 is 0 Å². The summed E-state index contributed by atoms with van der Waals surface area (Å²) in [4.78, 5) is 0. The summed E-state index contributed by atoms with van der Waals surface area (Å²) in [6.07, 6.45) is 0. The molecule has 0 aliphatic heterocycles. The molecular formula is C13H20FNO3S. The molecule has 0 bridgehead atoms. The highest BCUT2D eigenvalue weighted by atomic mass is 32.2. The molecule has 1 rings (SSSR count). The van der Waals surface area contributed by atoms with Crippen LogP contribution in [-0.4, -0.2) is 32.6 Å². The smallest absolute Gasteiger partial charge is 0.165 e. The number of halogens is 1. The Morgan fingerprint density at radius 1 is 1.32 bits per heavy atom. The summed E-state index contributed by atoms with van der Waals surface area (Å²) in [7, 11) is -1.78. The van der Waals surface area contributed by atoms with E-state index < -0.39 is 20.4 Å². The molecule has 4 nitrogen and oxygen atoms in total. The Balaban J connectivity index is 2.64. The molecule has 0 fully saturated rings. The lowest BCUT2D eigenvalue weighted by atomic mass is 10.3. The number of hydrogen-bond acceptors (Lipinski definition) is 4. The number of anilines is 1. The molecule has 0 spiro atoms. The van der Waals surface area contributed by atoms with Crippen molar-refractivity contribution in [2.75, 3.05) is 24.7 Å². The molecule has 1 aromatic carbocycles. The van der Waals surface area contributed by atoms with Crippen LogP contribution in [0.1, 0.15) is 20.8 Å². The second kappa shape index (κ2) is 5.77. The second-order valence-corrected chi connectivity index (χ2v) is 8.07. The number of nitrogens with one attached hydrogen (secondary N) is 1. The Morgan fingerprint density at radius 2 is 1.95 bits per heavy atom. The van der Waals surface area contributed by atoms with Crippen LogP contribution in [0.3, 0.4) is 0 Å². The normalized spacial score (nSPS) is 12.3. The van der Waals surface area contributed by atoms with Crippen LogP contribution in [0.4, 0.5) is 10.1 Å². The van der Waals surface area contributed by atoms with Gasteiger partial charge in [0.25, 0.3) is 0 Å². The van der Waals surface area contributed by atoms with E-state index in [0.717, 1.165) is 0 Å². The van der Waals surface area contributed by atoms with Gasteiger partial charge in [-0.1, -0.05) is 0 Å². The van der Waals surface area contributed by atoms with Crippen molar-refractivity contribution in [1.82, 2.24) is 0 Å². The summed E-state index contributed by atoms with van der Waals surface area (Å²) >= 11 is 0. The minimum absolute atomic E-state index is 0.0240. The Labute approximate surface area is 113 Å². The summed E-state index contributed by atoms with van der Waals surface area (Å²) < 4.78 is 41.1. The molecule has 0 amide bonds. The first-order valence-electron chi connectivity index (χ1n) is 5.97. The molecule has 0 radical (unpaired) electrons. The van der Waals surface area contributed by atoms with E-state index in [2.05, 4.69) is 5.32 Å². The third kappa shape index (κ3) is 4.09. The van der Waals surface area contributed by atoms with Crippen LogP contribution >= 0.6 is 0 Å². The van der Waals surface area contributed by atoms with Gasteiger partial charge in [0.1, 0.15) is 0 Å². The number of methoxy groups -OCH3 is 1. The highest BCUT2D eigenvalue weighted by Crippen LogP contribution is 2.21. The van der Waals surface area contributed by atoms with E-state index in [9.17, 15) is 12.8 Å². The average Bonchev–Trinajstić information content (AvgIpc) is 2.29. The maximum atomic E-state index is 13.2. The summed E-state index contributed by atoms with van der Waals surface area (Å²) in [5.41, 5.74) is 0.627. The SMILES string of the molecule is COc1cc(NCCS(=O)(=O)C(C)(C)C)ccc1F. The first-order chi connectivity index (χ1) is 8.67. The van der Waals surface area contributed by atoms with Crippen LogP contribution in [0.2, 0.25) is 0 Å². The lowest BCUT2D eigenvalue weighted by Crippen LogP contribution is -2.32.